The van der Waals surface area contributed by atoms with Crippen molar-refractivity contribution in [3.63, 3.8) is 0 Å². The largest absolute Gasteiger partial charge is 0.323 e. The molecule has 1 aromatic carbocycles. The lowest BCUT2D eigenvalue weighted by Gasteiger charge is -2.42. The topological polar surface area (TPSA) is 61.4 Å². The minimum Gasteiger partial charge on any atom is -0.323 e. The first-order valence-electron chi connectivity index (χ1n) is 8.96. The zero-order valence-corrected chi connectivity index (χ0v) is 15.9. The predicted octanol–water partition coefficient (Wildman–Crippen LogP) is 4.14. The summed E-state index contributed by atoms with van der Waals surface area (Å²) < 4.78 is 2.01. The number of nitrogens with zero attached hydrogens (tertiary/aromatic N) is 4. The molecule has 1 saturated carbocycles. The summed E-state index contributed by atoms with van der Waals surface area (Å²) in [4.78, 5) is 20.0. The summed E-state index contributed by atoms with van der Waals surface area (Å²) in [7, 11) is 1.73. The molecule has 136 valence electrons. The van der Waals surface area contributed by atoms with E-state index in [9.17, 15) is 10.1 Å². The van der Waals surface area contributed by atoms with Gasteiger partial charge in [0, 0.05) is 35.7 Å². The molecule has 2 heterocycles. The van der Waals surface area contributed by atoms with Gasteiger partial charge in [0.2, 0.25) is 0 Å². The lowest BCUT2D eigenvalue weighted by Crippen LogP contribution is -2.53. The number of carbonyl (C=O) groups is 1. The van der Waals surface area contributed by atoms with Gasteiger partial charge in [-0.05, 0) is 55.7 Å². The van der Waals surface area contributed by atoms with E-state index in [1.54, 1.807) is 23.7 Å². The number of imidazole rings is 1. The maximum atomic E-state index is 12.7. The maximum absolute atomic E-state index is 12.7. The predicted molar refractivity (Wildman–Crippen MR) is 105 cm³/mol. The smallest absolute Gasteiger partial charge is 0.254 e. The van der Waals surface area contributed by atoms with Crippen LogP contribution in [-0.2, 0) is 5.75 Å². The van der Waals surface area contributed by atoms with E-state index in [1.807, 2.05) is 59.3 Å². The van der Waals surface area contributed by atoms with Gasteiger partial charge < -0.3 is 9.30 Å². The first-order chi connectivity index (χ1) is 13.1. The SMILES string of the molecule is CN(C(=O)c1ccc(SCc2cn3ccccc3n2)cc1)C1(C#N)CCC1. The van der Waals surface area contributed by atoms with Gasteiger partial charge in [-0.2, -0.15) is 5.26 Å². The molecule has 3 aromatic rings. The second kappa shape index (κ2) is 7.09. The van der Waals surface area contributed by atoms with Gasteiger partial charge in [0.05, 0.1) is 11.8 Å². The lowest BCUT2D eigenvalue weighted by molar-refractivity contribution is 0.0497. The van der Waals surface area contributed by atoms with E-state index >= 15 is 0 Å². The summed E-state index contributed by atoms with van der Waals surface area (Å²) in [5.74, 6) is 0.681. The number of nitriles is 1. The highest BCUT2D eigenvalue weighted by Crippen LogP contribution is 2.37. The van der Waals surface area contributed by atoms with Gasteiger partial charge in [0.25, 0.3) is 5.91 Å². The van der Waals surface area contributed by atoms with Crippen LogP contribution >= 0.6 is 11.8 Å². The Hall–Kier alpha value is -2.78. The highest BCUT2D eigenvalue weighted by molar-refractivity contribution is 7.98. The normalized spacial score (nSPS) is 15.1. The molecule has 0 radical (unpaired) electrons. The van der Waals surface area contributed by atoms with Gasteiger partial charge in [0.1, 0.15) is 11.2 Å². The van der Waals surface area contributed by atoms with Crippen molar-refractivity contribution in [1.29, 1.82) is 5.26 Å². The average molecular weight is 376 g/mol. The minimum atomic E-state index is -0.617. The van der Waals surface area contributed by atoms with Crippen LogP contribution in [0.1, 0.15) is 35.3 Å². The number of hydrogen-bond donors (Lipinski definition) is 0. The Labute approximate surface area is 162 Å². The Morgan fingerprint density at radius 1 is 1.30 bits per heavy atom. The van der Waals surface area contributed by atoms with Crippen LogP contribution in [0.3, 0.4) is 0 Å². The van der Waals surface area contributed by atoms with Crippen molar-refractivity contribution in [1.82, 2.24) is 14.3 Å². The van der Waals surface area contributed by atoms with Crippen LogP contribution in [0.2, 0.25) is 0 Å². The number of hydrogen-bond acceptors (Lipinski definition) is 4. The van der Waals surface area contributed by atoms with E-state index in [0.29, 0.717) is 5.56 Å². The minimum absolute atomic E-state index is 0.0897. The van der Waals surface area contributed by atoms with Crippen molar-refractivity contribution in [2.24, 2.45) is 0 Å². The molecule has 0 bridgehead atoms. The van der Waals surface area contributed by atoms with Gasteiger partial charge in [-0.25, -0.2) is 4.98 Å². The van der Waals surface area contributed by atoms with Crippen molar-refractivity contribution in [2.75, 3.05) is 7.05 Å². The number of amides is 1. The summed E-state index contributed by atoms with van der Waals surface area (Å²) in [6.45, 7) is 0. The Bertz CT molecular complexity index is 982. The lowest BCUT2D eigenvalue weighted by atomic mass is 9.76. The van der Waals surface area contributed by atoms with Crippen LogP contribution in [0.15, 0.2) is 59.8 Å². The van der Waals surface area contributed by atoms with Gasteiger partial charge in [0.15, 0.2) is 0 Å². The molecule has 0 spiro atoms. The molecule has 6 heteroatoms. The Morgan fingerprint density at radius 2 is 2.07 bits per heavy atom. The fraction of sp³-hybridized carbons (Fsp3) is 0.286. The first kappa shape index (κ1) is 17.6. The molecule has 5 nitrogen and oxygen atoms in total. The Kier molecular flexibility index (Phi) is 4.63. The molecule has 27 heavy (non-hydrogen) atoms. The number of carbonyl (C=O) groups excluding carboxylic acids is 1. The van der Waals surface area contributed by atoms with Crippen LogP contribution in [-0.4, -0.2) is 32.8 Å². The van der Waals surface area contributed by atoms with Crippen LogP contribution in [0, 0.1) is 11.3 Å². The molecule has 0 aliphatic heterocycles. The van der Waals surface area contributed by atoms with E-state index < -0.39 is 5.54 Å². The second-order valence-corrected chi connectivity index (χ2v) is 7.92. The summed E-state index contributed by atoms with van der Waals surface area (Å²) in [6, 6.07) is 15.9. The molecule has 0 unspecified atom stereocenters. The van der Waals surface area contributed by atoms with Crippen molar-refractivity contribution in [2.45, 2.75) is 35.4 Å². The van der Waals surface area contributed by atoms with Gasteiger partial charge in [-0.3, -0.25) is 4.79 Å². The molecule has 0 atom stereocenters. The molecule has 1 aliphatic carbocycles. The summed E-state index contributed by atoms with van der Waals surface area (Å²) in [6.07, 6.45) is 6.56. The monoisotopic (exact) mass is 376 g/mol. The Morgan fingerprint density at radius 3 is 2.70 bits per heavy atom. The molecule has 4 rings (SSSR count). The molecule has 0 saturated heterocycles. The van der Waals surface area contributed by atoms with Crippen LogP contribution < -0.4 is 0 Å². The van der Waals surface area contributed by atoms with E-state index in [1.165, 1.54) is 0 Å². The van der Waals surface area contributed by atoms with Crippen molar-refractivity contribution < 1.29 is 4.79 Å². The number of fused-ring (bicyclic) bond motifs is 1. The van der Waals surface area contributed by atoms with E-state index in [-0.39, 0.29) is 5.91 Å². The van der Waals surface area contributed by atoms with E-state index in [2.05, 4.69) is 11.1 Å². The summed E-state index contributed by atoms with van der Waals surface area (Å²) in [5.41, 5.74) is 1.97. The van der Waals surface area contributed by atoms with E-state index in [0.717, 1.165) is 41.3 Å². The first-order valence-corrected chi connectivity index (χ1v) is 9.95. The molecule has 1 fully saturated rings. The molecule has 1 aliphatic rings. The fourth-order valence-corrected chi connectivity index (χ4v) is 4.11. The molecular weight excluding hydrogens is 356 g/mol. The standard InChI is InChI=1S/C21H20N4OS/c1-24(21(15-22)10-4-11-21)20(26)16-6-8-18(9-7-16)27-14-17-13-25-12-3-2-5-19(25)23-17/h2-3,5-9,12-13H,4,10-11,14H2,1H3. The zero-order chi connectivity index (χ0) is 18.9. The molecule has 0 N–H and O–H groups in total. The number of aromatic nitrogens is 2. The summed E-state index contributed by atoms with van der Waals surface area (Å²) >= 11 is 1.69. The summed E-state index contributed by atoms with van der Waals surface area (Å²) in [5, 5.41) is 9.42. The van der Waals surface area contributed by atoms with Gasteiger partial charge >= 0.3 is 0 Å². The third-order valence-corrected chi connectivity index (χ3v) is 6.28. The third-order valence-electron chi connectivity index (χ3n) is 5.24. The van der Waals surface area contributed by atoms with Crippen LogP contribution in [0.5, 0.6) is 0 Å². The number of thioether (sulfide) groups is 1. The third kappa shape index (κ3) is 3.31. The van der Waals surface area contributed by atoms with Crippen LogP contribution in [0.4, 0.5) is 0 Å². The fourth-order valence-electron chi connectivity index (χ4n) is 3.33. The van der Waals surface area contributed by atoms with Crippen molar-refractivity contribution >= 4 is 23.3 Å². The zero-order valence-electron chi connectivity index (χ0n) is 15.1. The van der Waals surface area contributed by atoms with E-state index in [4.69, 9.17) is 0 Å². The Balaban J connectivity index is 1.41. The average Bonchev–Trinajstić information content (AvgIpc) is 3.09. The maximum Gasteiger partial charge on any atom is 0.254 e. The highest BCUT2D eigenvalue weighted by Gasteiger charge is 2.43. The molecule has 2 aromatic heterocycles. The van der Waals surface area contributed by atoms with Gasteiger partial charge in [-0.1, -0.05) is 6.07 Å². The van der Waals surface area contributed by atoms with Gasteiger partial charge in [-0.15, -0.1) is 11.8 Å². The highest BCUT2D eigenvalue weighted by atomic mass is 32.2. The quantitative estimate of drug-likeness (QED) is 0.628. The van der Waals surface area contributed by atoms with Crippen LogP contribution in [0.25, 0.3) is 5.65 Å². The number of rotatable bonds is 5. The van der Waals surface area contributed by atoms with Crippen molar-refractivity contribution in [3.05, 3.63) is 66.1 Å². The second-order valence-electron chi connectivity index (χ2n) is 6.87. The number of benzene rings is 1. The van der Waals surface area contributed by atoms with Crippen molar-refractivity contribution in [3.8, 4) is 6.07 Å². The molecule has 1 amide bonds. The molecular formula is C21H20N4OS. The number of pyridine rings is 1.